The van der Waals surface area contributed by atoms with Crippen LogP contribution in [-0.4, -0.2) is 31.7 Å². The number of nitrogens with zero attached hydrogens (tertiary/aromatic N) is 1. The molecule has 1 fully saturated rings. The van der Waals surface area contributed by atoms with E-state index in [4.69, 9.17) is 4.74 Å². The summed E-state index contributed by atoms with van der Waals surface area (Å²) in [6.45, 7) is 4.97. The minimum Gasteiger partial charge on any atom is -0.375 e. The molecular weight excluding hydrogens is 238 g/mol. The lowest BCUT2D eigenvalue weighted by molar-refractivity contribution is 0.128. The van der Waals surface area contributed by atoms with E-state index in [-0.39, 0.29) is 0 Å². The molecular formula is C15H23N3O. The van der Waals surface area contributed by atoms with Crippen molar-refractivity contribution < 1.29 is 4.74 Å². The number of benzene rings is 1. The van der Waals surface area contributed by atoms with Crippen molar-refractivity contribution >= 4 is 5.96 Å². The summed E-state index contributed by atoms with van der Waals surface area (Å²) in [5.74, 6) is 0.910. The highest BCUT2D eigenvalue weighted by atomic mass is 16.5. The minimum absolute atomic E-state index is 0.628. The maximum Gasteiger partial charge on any atom is 0.191 e. The number of ether oxygens (including phenoxy) is 1. The van der Waals surface area contributed by atoms with Crippen molar-refractivity contribution in [3.8, 4) is 0 Å². The Morgan fingerprint density at radius 1 is 1.32 bits per heavy atom. The molecule has 0 radical (unpaired) electrons. The van der Waals surface area contributed by atoms with E-state index >= 15 is 0 Å². The van der Waals surface area contributed by atoms with Crippen molar-refractivity contribution in [3.05, 3.63) is 35.9 Å². The zero-order valence-electron chi connectivity index (χ0n) is 11.6. The Labute approximate surface area is 115 Å². The molecule has 1 aromatic rings. The zero-order valence-corrected chi connectivity index (χ0v) is 11.6. The molecule has 0 unspecified atom stereocenters. The molecule has 2 rings (SSSR count). The summed E-state index contributed by atoms with van der Waals surface area (Å²) in [6.07, 6.45) is 2.52. The highest BCUT2D eigenvalue weighted by molar-refractivity contribution is 5.80. The van der Waals surface area contributed by atoms with Crippen LogP contribution in [0.2, 0.25) is 0 Å². The molecule has 0 amide bonds. The van der Waals surface area contributed by atoms with E-state index in [0.29, 0.717) is 25.8 Å². The number of aliphatic imine (C=N–C) groups is 1. The van der Waals surface area contributed by atoms with Crippen LogP contribution in [0.25, 0.3) is 0 Å². The van der Waals surface area contributed by atoms with Crippen molar-refractivity contribution in [2.24, 2.45) is 4.99 Å². The predicted octanol–water partition coefficient (Wildman–Crippen LogP) is 1.92. The van der Waals surface area contributed by atoms with Gasteiger partial charge in [0.15, 0.2) is 5.96 Å². The van der Waals surface area contributed by atoms with Crippen LogP contribution in [-0.2, 0) is 11.3 Å². The molecule has 2 N–H and O–H groups in total. The fraction of sp³-hybridized carbons (Fsp3) is 0.533. The third kappa shape index (κ3) is 5.75. The number of hydrogen-bond acceptors (Lipinski definition) is 2. The summed E-state index contributed by atoms with van der Waals surface area (Å²) in [7, 11) is 0. The van der Waals surface area contributed by atoms with Gasteiger partial charge in [0.1, 0.15) is 0 Å². The first kappa shape index (κ1) is 13.9. The van der Waals surface area contributed by atoms with E-state index in [1.54, 1.807) is 0 Å². The Kier molecular flexibility index (Phi) is 5.69. The van der Waals surface area contributed by atoms with Gasteiger partial charge in [0.2, 0.25) is 0 Å². The highest BCUT2D eigenvalue weighted by Gasteiger charge is 2.21. The van der Waals surface area contributed by atoms with Gasteiger partial charge in [-0.2, -0.15) is 0 Å². The Morgan fingerprint density at radius 2 is 2.11 bits per heavy atom. The minimum atomic E-state index is 0.628. The van der Waals surface area contributed by atoms with Crippen LogP contribution < -0.4 is 10.6 Å². The largest absolute Gasteiger partial charge is 0.375 e. The normalized spacial score (nSPS) is 15.3. The van der Waals surface area contributed by atoms with Gasteiger partial charge in [0.25, 0.3) is 0 Å². The SMILES string of the molecule is CCNC(=NCCOCc1ccccc1)NC1CC1. The lowest BCUT2D eigenvalue weighted by Crippen LogP contribution is -2.38. The quantitative estimate of drug-likeness (QED) is 0.448. The fourth-order valence-corrected chi connectivity index (χ4v) is 1.73. The van der Waals surface area contributed by atoms with Crippen molar-refractivity contribution in [1.82, 2.24) is 10.6 Å². The van der Waals surface area contributed by atoms with E-state index in [2.05, 4.69) is 34.7 Å². The third-order valence-corrected chi connectivity index (χ3v) is 2.88. The second kappa shape index (κ2) is 7.79. The topological polar surface area (TPSA) is 45.7 Å². The van der Waals surface area contributed by atoms with Crippen LogP contribution in [0.5, 0.6) is 0 Å². The lowest BCUT2D eigenvalue weighted by atomic mass is 10.2. The van der Waals surface area contributed by atoms with E-state index in [0.717, 1.165) is 12.5 Å². The van der Waals surface area contributed by atoms with Gasteiger partial charge in [-0.1, -0.05) is 30.3 Å². The van der Waals surface area contributed by atoms with Crippen molar-refractivity contribution in [2.75, 3.05) is 19.7 Å². The van der Waals surface area contributed by atoms with Crippen molar-refractivity contribution in [3.63, 3.8) is 0 Å². The van der Waals surface area contributed by atoms with Crippen molar-refractivity contribution in [2.45, 2.75) is 32.4 Å². The summed E-state index contributed by atoms with van der Waals surface area (Å²) in [4.78, 5) is 4.49. The molecule has 0 heterocycles. The second-order valence-corrected chi connectivity index (χ2v) is 4.72. The molecule has 4 heteroatoms. The third-order valence-electron chi connectivity index (χ3n) is 2.88. The molecule has 19 heavy (non-hydrogen) atoms. The van der Waals surface area contributed by atoms with E-state index < -0.39 is 0 Å². The number of nitrogens with one attached hydrogen (secondary N) is 2. The Balaban J connectivity index is 1.63. The summed E-state index contributed by atoms with van der Waals surface area (Å²) in [5, 5.41) is 6.63. The molecule has 0 atom stereocenters. The van der Waals surface area contributed by atoms with Crippen LogP contribution in [0.3, 0.4) is 0 Å². The van der Waals surface area contributed by atoms with E-state index in [1.165, 1.54) is 18.4 Å². The molecule has 0 spiro atoms. The zero-order chi connectivity index (χ0) is 13.3. The van der Waals surface area contributed by atoms with Crippen LogP contribution in [0.15, 0.2) is 35.3 Å². The first-order valence-electron chi connectivity index (χ1n) is 7.05. The van der Waals surface area contributed by atoms with Crippen LogP contribution >= 0.6 is 0 Å². The van der Waals surface area contributed by atoms with Gasteiger partial charge >= 0.3 is 0 Å². The maximum absolute atomic E-state index is 5.61. The van der Waals surface area contributed by atoms with Gasteiger partial charge in [-0.3, -0.25) is 4.99 Å². The lowest BCUT2D eigenvalue weighted by Gasteiger charge is -2.10. The van der Waals surface area contributed by atoms with Gasteiger partial charge in [-0.05, 0) is 25.3 Å². The monoisotopic (exact) mass is 261 g/mol. The standard InChI is InChI=1S/C15H23N3O/c1-2-16-15(18-14-8-9-14)17-10-11-19-12-13-6-4-3-5-7-13/h3-7,14H,2,8-12H2,1H3,(H2,16,17,18). The molecule has 4 nitrogen and oxygen atoms in total. The van der Waals surface area contributed by atoms with Gasteiger partial charge in [0, 0.05) is 12.6 Å². The Morgan fingerprint density at radius 3 is 2.79 bits per heavy atom. The summed E-state index contributed by atoms with van der Waals surface area (Å²) >= 11 is 0. The molecule has 0 aliphatic heterocycles. The van der Waals surface area contributed by atoms with Gasteiger partial charge in [-0.25, -0.2) is 0 Å². The molecule has 0 bridgehead atoms. The van der Waals surface area contributed by atoms with Crippen LogP contribution in [0.1, 0.15) is 25.3 Å². The van der Waals surface area contributed by atoms with Crippen LogP contribution in [0, 0.1) is 0 Å². The summed E-state index contributed by atoms with van der Waals surface area (Å²) < 4.78 is 5.61. The highest BCUT2D eigenvalue weighted by Crippen LogP contribution is 2.18. The van der Waals surface area contributed by atoms with E-state index in [1.807, 2.05) is 18.2 Å². The summed E-state index contributed by atoms with van der Waals surface area (Å²) in [5.41, 5.74) is 1.20. The van der Waals surface area contributed by atoms with Gasteiger partial charge in [0.05, 0.1) is 19.8 Å². The first-order chi connectivity index (χ1) is 9.38. The number of rotatable bonds is 7. The smallest absolute Gasteiger partial charge is 0.191 e. The van der Waals surface area contributed by atoms with Gasteiger partial charge in [-0.15, -0.1) is 0 Å². The summed E-state index contributed by atoms with van der Waals surface area (Å²) in [6, 6.07) is 10.8. The average Bonchev–Trinajstić information content (AvgIpc) is 3.24. The average molecular weight is 261 g/mol. The number of guanidine groups is 1. The van der Waals surface area contributed by atoms with Crippen molar-refractivity contribution in [1.29, 1.82) is 0 Å². The molecule has 0 saturated heterocycles. The fourth-order valence-electron chi connectivity index (χ4n) is 1.73. The molecule has 1 aliphatic rings. The molecule has 0 aromatic heterocycles. The molecule has 1 saturated carbocycles. The number of hydrogen-bond donors (Lipinski definition) is 2. The molecule has 104 valence electrons. The second-order valence-electron chi connectivity index (χ2n) is 4.72. The predicted molar refractivity (Wildman–Crippen MR) is 78.2 cm³/mol. The van der Waals surface area contributed by atoms with Crippen LogP contribution in [0.4, 0.5) is 0 Å². The Bertz CT molecular complexity index is 388. The first-order valence-corrected chi connectivity index (χ1v) is 7.05. The Hall–Kier alpha value is -1.55. The molecule has 1 aliphatic carbocycles. The van der Waals surface area contributed by atoms with Gasteiger partial charge < -0.3 is 15.4 Å². The van der Waals surface area contributed by atoms with E-state index in [9.17, 15) is 0 Å². The molecule has 1 aromatic carbocycles. The maximum atomic E-state index is 5.61.